The van der Waals surface area contributed by atoms with Gasteiger partial charge < -0.3 is 13.3 Å². The Balaban J connectivity index is 0.000000490. The van der Waals surface area contributed by atoms with Gasteiger partial charge in [-0.05, 0) is 0 Å². The van der Waals surface area contributed by atoms with Crippen LogP contribution in [0, 0.1) is 19.3 Å². The van der Waals surface area contributed by atoms with Crippen molar-refractivity contribution in [3.05, 3.63) is 13.3 Å². The van der Waals surface area contributed by atoms with Crippen LogP contribution in [0.4, 0.5) is 0 Å². The molecule has 0 aromatic heterocycles. The number of hydrogen-bond acceptors (Lipinski definition) is 0. The van der Waals surface area contributed by atoms with E-state index in [1.807, 2.05) is 0 Å². The smallest absolute Gasteiger partial charge is 0 e. The average molecular weight is 185 g/mol. The van der Waals surface area contributed by atoms with Crippen LogP contribution in [0.25, 0.3) is 0 Å². The van der Waals surface area contributed by atoms with Crippen LogP contribution in [0.2, 0.25) is 0 Å². The molecular weight excluding hydrogens is 173 g/mol. The number of hydrogen-bond donors (Lipinski definition) is 0. The molecule has 0 aromatic rings. The third-order valence-corrected chi connectivity index (χ3v) is 1.52. The molecule has 0 aliphatic heterocycles. The van der Waals surface area contributed by atoms with Crippen molar-refractivity contribution in [2.75, 3.05) is 0 Å². The Morgan fingerprint density at radius 3 is 2.50 bits per heavy atom. The summed E-state index contributed by atoms with van der Waals surface area (Å²) in [6, 6.07) is 0. The monoisotopic (exact) mass is 185 g/mol. The van der Waals surface area contributed by atoms with Crippen LogP contribution in [-0.2, 0) is 32.7 Å². The summed E-state index contributed by atoms with van der Waals surface area (Å²) in [5.41, 5.74) is 0. The van der Waals surface area contributed by atoms with Gasteiger partial charge in [0.15, 0.2) is 0 Å². The molecule has 8 heavy (non-hydrogen) atoms. The van der Waals surface area contributed by atoms with Crippen molar-refractivity contribution in [2.45, 2.75) is 25.7 Å². The first kappa shape index (κ1) is 9.10. The molecule has 1 unspecified atom stereocenters. The first-order valence-corrected chi connectivity index (χ1v) is 3.04. The second-order valence-corrected chi connectivity index (χ2v) is 2.32. The average Bonchev–Trinajstić information content (AvgIpc) is 1.69. The Morgan fingerprint density at radius 2 is 2.25 bits per heavy atom. The largest absolute Gasteiger partial charge is 0.343 e. The van der Waals surface area contributed by atoms with Crippen LogP contribution >= 0.6 is 0 Å². The quantitative estimate of drug-likeness (QED) is 0.507. The third kappa shape index (κ3) is 3.19. The normalized spacial score (nSPS) is 28.9. The minimum atomic E-state index is 0. The maximum Gasteiger partial charge on any atom is 0 e. The van der Waals surface area contributed by atoms with Crippen LogP contribution in [0.1, 0.15) is 25.7 Å². The fourth-order valence-corrected chi connectivity index (χ4v) is 1.02. The predicted octanol–water partition coefficient (Wildman–Crippen LogP) is 2.21. The van der Waals surface area contributed by atoms with E-state index >= 15 is 0 Å². The standard InChI is InChI=1S/C7H12.Y/c1-7-5-3-2-4-6-7;/h3,7H,1-2,4-6H2;/q-2;. The molecule has 1 aliphatic rings. The molecular formula is C7H12Y-2. The second-order valence-electron chi connectivity index (χ2n) is 2.32. The molecule has 1 heteroatoms. The minimum absolute atomic E-state index is 0. The summed E-state index contributed by atoms with van der Waals surface area (Å²) in [6.07, 6.45) is 7.64. The van der Waals surface area contributed by atoms with Crippen LogP contribution < -0.4 is 0 Å². The Kier molecular flexibility index (Phi) is 5.62. The van der Waals surface area contributed by atoms with Crippen molar-refractivity contribution >= 4 is 0 Å². The van der Waals surface area contributed by atoms with Crippen molar-refractivity contribution < 1.29 is 32.7 Å². The molecule has 1 saturated carbocycles. The summed E-state index contributed by atoms with van der Waals surface area (Å²) in [7, 11) is 0. The van der Waals surface area contributed by atoms with Crippen molar-refractivity contribution in [2.24, 2.45) is 5.92 Å². The molecule has 1 radical (unpaired) electrons. The Labute approximate surface area is 77.3 Å². The van der Waals surface area contributed by atoms with E-state index in [9.17, 15) is 0 Å². The third-order valence-electron chi connectivity index (χ3n) is 1.52. The van der Waals surface area contributed by atoms with Crippen LogP contribution in [0.5, 0.6) is 0 Å². The van der Waals surface area contributed by atoms with E-state index in [1.54, 1.807) is 0 Å². The van der Waals surface area contributed by atoms with E-state index in [4.69, 9.17) is 0 Å². The van der Waals surface area contributed by atoms with E-state index in [2.05, 4.69) is 13.3 Å². The molecule has 0 N–H and O–H groups in total. The maximum absolute atomic E-state index is 3.97. The summed E-state index contributed by atoms with van der Waals surface area (Å²) >= 11 is 0. The van der Waals surface area contributed by atoms with Crippen molar-refractivity contribution in [1.82, 2.24) is 0 Å². The fraction of sp³-hybridized carbons (Fsp3) is 0.714. The van der Waals surface area contributed by atoms with E-state index in [-0.39, 0.29) is 32.7 Å². The SMILES string of the molecule is [CH2-]C1C[CH-]CCC1.[Y]. The second kappa shape index (κ2) is 4.93. The molecule has 0 heterocycles. The molecule has 1 atom stereocenters. The topological polar surface area (TPSA) is 0 Å². The predicted molar refractivity (Wildman–Crippen MR) is 31.6 cm³/mol. The van der Waals surface area contributed by atoms with Gasteiger partial charge in [0.2, 0.25) is 0 Å². The molecule has 0 nitrogen and oxygen atoms in total. The molecule has 0 aromatic carbocycles. The van der Waals surface area contributed by atoms with Gasteiger partial charge >= 0.3 is 0 Å². The Bertz CT molecular complexity index is 46.3. The van der Waals surface area contributed by atoms with Gasteiger partial charge in [-0.3, -0.25) is 0 Å². The zero-order valence-electron chi connectivity index (χ0n) is 5.27. The first-order valence-electron chi connectivity index (χ1n) is 3.04. The van der Waals surface area contributed by atoms with Crippen molar-refractivity contribution in [3.8, 4) is 0 Å². The fourth-order valence-electron chi connectivity index (χ4n) is 1.02. The van der Waals surface area contributed by atoms with Gasteiger partial charge in [0.05, 0.1) is 0 Å². The zero-order valence-corrected chi connectivity index (χ0v) is 8.11. The Hall–Kier alpha value is 1.10. The van der Waals surface area contributed by atoms with Crippen LogP contribution in [0.15, 0.2) is 0 Å². The summed E-state index contributed by atoms with van der Waals surface area (Å²) < 4.78 is 0. The first-order chi connectivity index (χ1) is 3.39. The van der Waals surface area contributed by atoms with Crippen LogP contribution in [-0.4, -0.2) is 0 Å². The maximum atomic E-state index is 3.97. The van der Waals surface area contributed by atoms with Gasteiger partial charge in [0, 0.05) is 32.7 Å². The molecule has 0 spiro atoms. The molecule has 0 bridgehead atoms. The Morgan fingerprint density at radius 1 is 1.50 bits per heavy atom. The van der Waals surface area contributed by atoms with E-state index in [0.717, 1.165) is 5.92 Å². The zero-order chi connectivity index (χ0) is 5.11. The summed E-state index contributed by atoms with van der Waals surface area (Å²) in [5, 5.41) is 0. The van der Waals surface area contributed by atoms with E-state index < -0.39 is 0 Å². The van der Waals surface area contributed by atoms with Gasteiger partial charge in [-0.15, -0.1) is 0 Å². The van der Waals surface area contributed by atoms with Gasteiger partial charge in [0.1, 0.15) is 0 Å². The number of rotatable bonds is 0. The van der Waals surface area contributed by atoms with Gasteiger partial charge in [0.25, 0.3) is 0 Å². The van der Waals surface area contributed by atoms with Gasteiger partial charge in [-0.1, -0.05) is 12.8 Å². The van der Waals surface area contributed by atoms with E-state index in [1.165, 1.54) is 25.7 Å². The summed E-state index contributed by atoms with van der Waals surface area (Å²) in [5.74, 6) is 0.730. The van der Waals surface area contributed by atoms with Gasteiger partial charge in [-0.25, -0.2) is 6.42 Å². The molecule has 1 rings (SSSR count). The summed E-state index contributed by atoms with van der Waals surface area (Å²) in [6.45, 7) is 3.97. The molecule has 1 aliphatic carbocycles. The van der Waals surface area contributed by atoms with Crippen molar-refractivity contribution in [1.29, 1.82) is 0 Å². The van der Waals surface area contributed by atoms with Crippen LogP contribution in [0.3, 0.4) is 0 Å². The van der Waals surface area contributed by atoms with Gasteiger partial charge in [-0.2, -0.15) is 12.3 Å². The summed E-state index contributed by atoms with van der Waals surface area (Å²) in [4.78, 5) is 0. The molecule has 0 amide bonds. The molecule has 0 saturated heterocycles. The molecule has 45 valence electrons. The van der Waals surface area contributed by atoms with E-state index in [0.29, 0.717) is 0 Å². The minimum Gasteiger partial charge on any atom is -0.343 e. The molecule has 1 fully saturated rings. The van der Waals surface area contributed by atoms with Crippen molar-refractivity contribution in [3.63, 3.8) is 0 Å².